The number of hydrogen-bond acceptors (Lipinski definition) is 4. The number of esters is 1. The molecule has 0 saturated carbocycles. The van der Waals surface area contributed by atoms with Gasteiger partial charge in [-0.15, -0.1) is 0 Å². The van der Waals surface area contributed by atoms with Gasteiger partial charge in [0.1, 0.15) is 6.61 Å². The molecule has 0 fully saturated rings. The molecule has 1 aromatic rings. The Kier molecular flexibility index (Phi) is 6.02. The molecule has 0 spiro atoms. The third-order valence-corrected chi connectivity index (χ3v) is 8.40. The van der Waals surface area contributed by atoms with Crippen LogP contribution in [0.3, 0.4) is 0 Å². The summed E-state index contributed by atoms with van der Waals surface area (Å²) in [5, 5.41) is 12.9. The summed E-state index contributed by atoms with van der Waals surface area (Å²) in [6.07, 6.45) is 11.4. The number of carboxylic acid groups (broad SMARTS) is 1. The molecule has 0 radical (unpaired) electrons. The molecule has 33 heavy (non-hydrogen) atoms. The van der Waals surface area contributed by atoms with E-state index >= 15 is 0 Å². The van der Waals surface area contributed by atoms with Crippen molar-refractivity contribution in [3.63, 3.8) is 0 Å². The zero-order valence-corrected chi connectivity index (χ0v) is 20.5. The number of nitrogens with one attached hydrogen (secondary N) is 1. The van der Waals surface area contributed by atoms with Crippen LogP contribution in [-0.4, -0.2) is 24.1 Å². The third kappa shape index (κ3) is 3.53. The average Bonchev–Trinajstić information content (AvgIpc) is 3.43. The van der Waals surface area contributed by atoms with E-state index in [0.29, 0.717) is 12.2 Å². The maximum Gasteiger partial charge on any atom is 0.341 e. The van der Waals surface area contributed by atoms with Crippen molar-refractivity contribution in [2.75, 3.05) is 12.4 Å². The second-order valence-corrected chi connectivity index (χ2v) is 9.85. The van der Waals surface area contributed by atoms with Crippen LogP contribution in [-0.2, 0) is 22.6 Å². The SMILES string of the molecule is CCc1c(C)c2c(c(NC)c1C1C=C(C3(C)C=CC=C(C(C)C(=O)O)C3C)CC1)C(=O)OC2. The summed E-state index contributed by atoms with van der Waals surface area (Å²) in [6, 6.07) is 0. The molecule has 0 aromatic heterocycles. The second kappa shape index (κ2) is 8.51. The predicted octanol–water partition coefficient (Wildman–Crippen LogP) is 5.93. The lowest BCUT2D eigenvalue weighted by Crippen LogP contribution is -2.32. The smallest absolute Gasteiger partial charge is 0.341 e. The topological polar surface area (TPSA) is 75.6 Å². The van der Waals surface area contributed by atoms with Crippen LogP contribution in [0.1, 0.15) is 79.1 Å². The minimum atomic E-state index is -0.782. The van der Waals surface area contributed by atoms with E-state index in [1.54, 1.807) is 6.92 Å². The van der Waals surface area contributed by atoms with Gasteiger partial charge in [-0.1, -0.05) is 56.2 Å². The van der Waals surface area contributed by atoms with E-state index in [1.807, 2.05) is 19.2 Å². The lowest BCUT2D eigenvalue weighted by Gasteiger charge is -2.39. The lowest BCUT2D eigenvalue weighted by molar-refractivity contribution is -0.140. The zero-order chi connectivity index (χ0) is 24.1. The largest absolute Gasteiger partial charge is 0.481 e. The van der Waals surface area contributed by atoms with E-state index in [0.717, 1.165) is 36.1 Å². The average molecular weight is 450 g/mol. The Balaban J connectivity index is 1.78. The Labute approximate surface area is 196 Å². The van der Waals surface area contributed by atoms with Crippen molar-refractivity contribution in [3.05, 3.63) is 63.3 Å². The minimum Gasteiger partial charge on any atom is -0.481 e. The third-order valence-electron chi connectivity index (χ3n) is 8.40. The van der Waals surface area contributed by atoms with E-state index in [9.17, 15) is 14.7 Å². The number of benzene rings is 1. The number of carbonyl (C=O) groups excluding carboxylic acids is 1. The number of rotatable bonds is 6. The molecule has 1 aliphatic heterocycles. The fourth-order valence-electron chi connectivity index (χ4n) is 6.19. The van der Waals surface area contributed by atoms with Crippen LogP contribution in [0, 0.1) is 24.2 Å². The van der Waals surface area contributed by atoms with Gasteiger partial charge in [-0.2, -0.15) is 0 Å². The Morgan fingerprint density at radius 1 is 1.39 bits per heavy atom. The van der Waals surface area contributed by atoms with Crippen molar-refractivity contribution in [1.82, 2.24) is 0 Å². The molecule has 4 rings (SSSR count). The van der Waals surface area contributed by atoms with Gasteiger partial charge >= 0.3 is 11.9 Å². The predicted molar refractivity (Wildman–Crippen MR) is 131 cm³/mol. The van der Waals surface area contributed by atoms with Crippen molar-refractivity contribution in [1.29, 1.82) is 0 Å². The van der Waals surface area contributed by atoms with Crippen LogP contribution in [0.5, 0.6) is 0 Å². The fourth-order valence-corrected chi connectivity index (χ4v) is 6.19. The summed E-state index contributed by atoms with van der Waals surface area (Å²) in [7, 11) is 1.89. The Bertz CT molecular complexity index is 1110. The van der Waals surface area contributed by atoms with Crippen molar-refractivity contribution in [3.8, 4) is 0 Å². The first-order valence-corrected chi connectivity index (χ1v) is 12.0. The molecular formula is C28H35NO4. The summed E-state index contributed by atoms with van der Waals surface area (Å²) in [6.45, 7) is 10.8. The summed E-state index contributed by atoms with van der Waals surface area (Å²) in [5.41, 5.74) is 8.41. The number of anilines is 1. The second-order valence-electron chi connectivity index (χ2n) is 9.85. The maximum atomic E-state index is 12.6. The highest BCUT2D eigenvalue weighted by molar-refractivity contribution is 6.01. The summed E-state index contributed by atoms with van der Waals surface area (Å²) >= 11 is 0. The van der Waals surface area contributed by atoms with Gasteiger partial charge in [0.25, 0.3) is 0 Å². The van der Waals surface area contributed by atoms with Crippen LogP contribution in [0.2, 0.25) is 0 Å². The van der Waals surface area contributed by atoms with Gasteiger partial charge in [0.15, 0.2) is 0 Å². The Hall–Kier alpha value is -2.82. The molecule has 176 valence electrons. The molecule has 1 aromatic carbocycles. The molecule has 2 aliphatic carbocycles. The van der Waals surface area contributed by atoms with Gasteiger partial charge < -0.3 is 15.2 Å². The van der Waals surface area contributed by atoms with E-state index in [4.69, 9.17) is 4.74 Å². The first-order valence-electron chi connectivity index (χ1n) is 12.0. The summed E-state index contributed by atoms with van der Waals surface area (Å²) in [4.78, 5) is 24.3. The molecule has 0 bridgehead atoms. The maximum absolute atomic E-state index is 12.6. The van der Waals surface area contributed by atoms with Crippen molar-refractivity contribution >= 4 is 17.6 Å². The van der Waals surface area contributed by atoms with Gasteiger partial charge in [-0.05, 0) is 55.7 Å². The molecule has 1 heterocycles. The minimum absolute atomic E-state index is 0.102. The van der Waals surface area contributed by atoms with Crippen LogP contribution in [0.25, 0.3) is 0 Å². The fraction of sp³-hybridized carbons (Fsp3) is 0.500. The molecule has 2 N–H and O–H groups in total. The molecule has 0 amide bonds. The molecule has 5 nitrogen and oxygen atoms in total. The monoisotopic (exact) mass is 449 g/mol. The first kappa shape index (κ1) is 23.3. The standard InChI is InChI=1S/C28H35NO4/c1-7-20-15(2)22-14-33-27(32)24(22)25(29-6)23(20)18-10-11-19(13-18)28(5)12-8-9-21(17(28)4)16(3)26(30)31/h8-9,12-13,16-18,29H,7,10-11,14H2,1-6H3,(H,30,31). The van der Waals surface area contributed by atoms with E-state index in [-0.39, 0.29) is 23.2 Å². The molecule has 3 aliphatic rings. The number of hydrogen-bond donors (Lipinski definition) is 2. The van der Waals surface area contributed by atoms with Crippen molar-refractivity contribution in [2.24, 2.45) is 17.3 Å². The van der Waals surface area contributed by atoms with E-state index in [1.165, 1.54) is 22.3 Å². The van der Waals surface area contributed by atoms with Gasteiger partial charge in [0.2, 0.25) is 0 Å². The number of carboxylic acids is 1. The molecule has 4 unspecified atom stereocenters. The van der Waals surface area contributed by atoms with Crippen molar-refractivity contribution in [2.45, 2.75) is 66.4 Å². The van der Waals surface area contributed by atoms with Crippen LogP contribution in [0.4, 0.5) is 5.69 Å². The highest BCUT2D eigenvalue weighted by atomic mass is 16.5. The lowest BCUT2D eigenvalue weighted by atomic mass is 9.64. The Morgan fingerprint density at radius 2 is 2.12 bits per heavy atom. The first-order chi connectivity index (χ1) is 15.7. The number of fused-ring (bicyclic) bond motifs is 1. The molecule has 0 saturated heterocycles. The van der Waals surface area contributed by atoms with Crippen LogP contribution >= 0.6 is 0 Å². The zero-order valence-electron chi connectivity index (χ0n) is 20.5. The van der Waals surface area contributed by atoms with Crippen molar-refractivity contribution < 1.29 is 19.4 Å². The van der Waals surface area contributed by atoms with Gasteiger partial charge in [-0.25, -0.2) is 4.79 Å². The number of allylic oxidation sites excluding steroid dienone is 5. The van der Waals surface area contributed by atoms with Gasteiger partial charge in [0.05, 0.1) is 17.2 Å². The highest BCUT2D eigenvalue weighted by Crippen LogP contribution is 2.52. The van der Waals surface area contributed by atoms with Gasteiger partial charge in [-0.3, -0.25) is 4.79 Å². The number of aliphatic carboxylic acids is 1. The summed E-state index contributed by atoms with van der Waals surface area (Å²) in [5.74, 6) is -1.22. The molecular weight excluding hydrogens is 414 g/mol. The van der Waals surface area contributed by atoms with E-state index in [2.05, 4.69) is 45.2 Å². The normalized spacial score (nSPS) is 27.0. The highest BCUT2D eigenvalue weighted by Gasteiger charge is 2.41. The molecule has 5 heteroatoms. The number of ether oxygens (including phenoxy) is 1. The Morgan fingerprint density at radius 3 is 2.76 bits per heavy atom. The quantitative estimate of drug-likeness (QED) is 0.416. The number of cyclic esters (lactones) is 1. The van der Waals surface area contributed by atoms with E-state index < -0.39 is 11.9 Å². The number of carbonyl (C=O) groups is 2. The van der Waals surface area contributed by atoms with Crippen LogP contribution in [0.15, 0.2) is 35.5 Å². The van der Waals surface area contributed by atoms with Crippen LogP contribution < -0.4 is 5.32 Å². The molecule has 4 atom stereocenters. The summed E-state index contributed by atoms with van der Waals surface area (Å²) < 4.78 is 5.41. The van der Waals surface area contributed by atoms with Gasteiger partial charge in [0, 0.05) is 23.9 Å².